The largest absolute Gasteiger partial charge is 0.360 e. The van der Waals surface area contributed by atoms with Gasteiger partial charge in [-0.2, -0.15) is 0 Å². The van der Waals surface area contributed by atoms with E-state index in [4.69, 9.17) is 4.52 Å². The van der Waals surface area contributed by atoms with E-state index < -0.39 is 9.84 Å². The van der Waals surface area contributed by atoms with Crippen LogP contribution in [0, 0.1) is 12.8 Å². The van der Waals surface area contributed by atoms with Crippen molar-refractivity contribution in [2.24, 2.45) is 5.92 Å². The van der Waals surface area contributed by atoms with Gasteiger partial charge in [-0.1, -0.05) is 35.5 Å². The van der Waals surface area contributed by atoms with Gasteiger partial charge in [0.15, 0.2) is 0 Å². The van der Waals surface area contributed by atoms with Gasteiger partial charge < -0.3 is 9.84 Å². The number of amides is 1. The lowest BCUT2D eigenvalue weighted by Gasteiger charge is -2.22. The predicted octanol–water partition coefficient (Wildman–Crippen LogP) is 2.20. The predicted molar refractivity (Wildman–Crippen MR) is 90.4 cm³/mol. The van der Waals surface area contributed by atoms with Gasteiger partial charge >= 0.3 is 0 Å². The summed E-state index contributed by atoms with van der Waals surface area (Å²) < 4.78 is 28.1. The Morgan fingerprint density at radius 2 is 1.92 bits per heavy atom. The summed E-state index contributed by atoms with van der Waals surface area (Å²) in [5, 5.41) is 6.91. The number of rotatable bonds is 4. The number of benzene rings is 1. The van der Waals surface area contributed by atoms with Gasteiger partial charge in [0.05, 0.1) is 11.5 Å². The molecule has 1 aromatic heterocycles. The van der Waals surface area contributed by atoms with Crippen LogP contribution in [0.4, 0.5) is 0 Å². The third-order valence-electron chi connectivity index (χ3n) is 4.36. The van der Waals surface area contributed by atoms with Crippen molar-refractivity contribution in [3.8, 4) is 11.3 Å². The standard InChI is InChI=1S/C17H20N2O4S/c1-12-15(16(19-23-12)14-5-3-2-4-6-14)17(20)18-11-13-7-9-24(21,22)10-8-13/h2-6,13H,7-11H2,1H3,(H,18,20). The second-order valence-electron chi connectivity index (χ2n) is 6.13. The molecule has 1 aromatic carbocycles. The van der Waals surface area contributed by atoms with Gasteiger partial charge in [0, 0.05) is 12.1 Å². The average Bonchev–Trinajstić information content (AvgIpc) is 2.96. The number of nitrogens with zero attached hydrogens (tertiary/aromatic N) is 1. The van der Waals surface area contributed by atoms with E-state index in [-0.39, 0.29) is 23.3 Å². The third kappa shape index (κ3) is 3.67. The van der Waals surface area contributed by atoms with Crippen LogP contribution in [0.25, 0.3) is 11.3 Å². The zero-order valence-electron chi connectivity index (χ0n) is 13.5. The molecule has 3 rings (SSSR count). The Balaban J connectivity index is 1.69. The summed E-state index contributed by atoms with van der Waals surface area (Å²) >= 11 is 0. The van der Waals surface area contributed by atoms with E-state index >= 15 is 0 Å². The maximum Gasteiger partial charge on any atom is 0.257 e. The number of carbonyl (C=O) groups is 1. The number of hydrogen-bond acceptors (Lipinski definition) is 5. The number of sulfone groups is 1. The molecular formula is C17H20N2O4S. The zero-order valence-corrected chi connectivity index (χ0v) is 14.3. The lowest BCUT2D eigenvalue weighted by atomic mass is 10.0. The van der Waals surface area contributed by atoms with Crippen LogP contribution in [-0.2, 0) is 9.84 Å². The minimum absolute atomic E-state index is 0.192. The monoisotopic (exact) mass is 348 g/mol. The Morgan fingerprint density at radius 3 is 2.58 bits per heavy atom. The van der Waals surface area contributed by atoms with Crippen LogP contribution in [0.5, 0.6) is 0 Å². The fourth-order valence-corrected chi connectivity index (χ4v) is 4.49. The molecule has 2 aromatic rings. The highest BCUT2D eigenvalue weighted by Gasteiger charge is 2.26. The van der Waals surface area contributed by atoms with Gasteiger partial charge in [0.25, 0.3) is 5.91 Å². The summed E-state index contributed by atoms with van der Waals surface area (Å²) in [4.78, 5) is 12.6. The third-order valence-corrected chi connectivity index (χ3v) is 6.08. The molecule has 1 N–H and O–H groups in total. The van der Waals surface area contributed by atoms with Crippen LogP contribution >= 0.6 is 0 Å². The first-order valence-corrected chi connectivity index (χ1v) is 9.79. The molecule has 1 saturated heterocycles. The second kappa shape index (κ2) is 6.76. The van der Waals surface area contributed by atoms with Crippen LogP contribution in [-0.4, -0.2) is 37.5 Å². The fraction of sp³-hybridized carbons (Fsp3) is 0.412. The highest BCUT2D eigenvalue weighted by molar-refractivity contribution is 7.91. The molecule has 1 fully saturated rings. The highest BCUT2D eigenvalue weighted by Crippen LogP contribution is 2.25. The molecule has 1 amide bonds. The first-order valence-electron chi connectivity index (χ1n) is 7.96. The van der Waals surface area contributed by atoms with Crippen molar-refractivity contribution < 1.29 is 17.7 Å². The summed E-state index contributed by atoms with van der Waals surface area (Å²) in [6.45, 7) is 2.18. The van der Waals surface area contributed by atoms with E-state index in [1.807, 2.05) is 30.3 Å². The normalized spacial score (nSPS) is 17.5. The van der Waals surface area contributed by atoms with Gasteiger partial charge in [0.1, 0.15) is 26.9 Å². The van der Waals surface area contributed by atoms with Crippen LogP contribution in [0.2, 0.25) is 0 Å². The quantitative estimate of drug-likeness (QED) is 0.915. The maximum absolute atomic E-state index is 12.6. The molecule has 1 aliphatic rings. The number of aromatic nitrogens is 1. The van der Waals surface area contributed by atoms with Crippen molar-refractivity contribution in [3.05, 3.63) is 41.7 Å². The minimum atomic E-state index is -2.88. The van der Waals surface area contributed by atoms with Gasteiger partial charge in [0.2, 0.25) is 0 Å². The van der Waals surface area contributed by atoms with Gasteiger partial charge in [-0.3, -0.25) is 4.79 Å². The molecule has 2 heterocycles. The van der Waals surface area contributed by atoms with Gasteiger partial charge in [-0.25, -0.2) is 8.42 Å². The van der Waals surface area contributed by atoms with Crippen LogP contribution in [0.1, 0.15) is 29.0 Å². The van der Waals surface area contributed by atoms with E-state index in [2.05, 4.69) is 10.5 Å². The smallest absolute Gasteiger partial charge is 0.257 e. The molecule has 7 heteroatoms. The van der Waals surface area contributed by atoms with Crippen molar-refractivity contribution in [2.75, 3.05) is 18.1 Å². The molecule has 6 nitrogen and oxygen atoms in total. The van der Waals surface area contributed by atoms with Crippen molar-refractivity contribution in [1.82, 2.24) is 10.5 Å². The zero-order chi connectivity index (χ0) is 17.2. The van der Waals surface area contributed by atoms with Crippen molar-refractivity contribution in [2.45, 2.75) is 19.8 Å². The molecule has 0 spiro atoms. The minimum Gasteiger partial charge on any atom is -0.360 e. The molecule has 128 valence electrons. The first kappa shape index (κ1) is 16.7. The maximum atomic E-state index is 12.6. The first-order chi connectivity index (χ1) is 11.5. The van der Waals surface area contributed by atoms with Crippen LogP contribution in [0.15, 0.2) is 34.9 Å². The summed E-state index contributed by atoms with van der Waals surface area (Å²) in [5.41, 5.74) is 1.78. The Bertz CT molecular complexity index is 814. The van der Waals surface area contributed by atoms with E-state index in [0.29, 0.717) is 36.4 Å². The molecule has 1 aliphatic heterocycles. The summed E-state index contributed by atoms with van der Waals surface area (Å²) in [6, 6.07) is 9.40. The molecule has 0 unspecified atom stereocenters. The van der Waals surface area contributed by atoms with Crippen molar-refractivity contribution >= 4 is 15.7 Å². The second-order valence-corrected chi connectivity index (χ2v) is 8.44. The lowest BCUT2D eigenvalue weighted by Crippen LogP contribution is -2.34. The highest BCUT2D eigenvalue weighted by atomic mass is 32.2. The van der Waals surface area contributed by atoms with E-state index in [9.17, 15) is 13.2 Å². The Kier molecular flexibility index (Phi) is 4.71. The molecule has 24 heavy (non-hydrogen) atoms. The average molecular weight is 348 g/mol. The van der Waals surface area contributed by atoms with E-state index in [1.165, 1.54) is 0 Å². The molecule has 0 bridgehead atoms. The summed E-state index contributed by atoms with van der Waals surface area (Å²) in [7, 11) is -2.88. The molecular weight excluding hydrogens is 328 g/mol. The summed E-state index contributed by atoms with van der Waals surface area (Å²) in [5.74, 6) is 0.834. The van der Waals surface area contributed by atoms with Crippen LogP contribution in [0.3, 0.4) is 0 Å². The molecule has 0 aliphatic carbocycles. The Morgan fingerprint density at radius 1 is 1.25 bits per heavy atom. The van der Waals surface area contributed by atoms with E-state index in [1.54, 1.807) is 6.92 Å². The molecule has 0 radical (unpaired) electrons. The van der Waals surface area contributed by atoms with Crippen molar-refractivity contribution in [3.63, 3.8) is 0 Å². The van der Waals surface area contributed by atoms with Crippen LogP contribution < -0.4 is 5.32 Å². The summed E-state index contributed by atoms with van der Waals surface area (Å²) in [6.07, 6.45) is 1.19. The fourth-order valence-electron chi connectivity index (χ4n) is 2.90. The number of hydrogen-bond donors (Lipinski definition) is 1. The van der Waals surface area contributed by atoms with Gasteiger partial charge in [-0.15, -0.1) is 0 Å². The number of nitrogens with one attached hydrogen (secondary N) is 1. The van der Waals surface area contributed by atoms with Gasteiger partial charge in [-0.05, 0) is 25.7 Å². The Hall–Kier alpha value is -2.15. The topological polar surface area (TPSA) is 89.3 Å². The molecule has 0 atom stereocenters. The van der Waals surface area contributed by atoms with Crippen molar-refractivity contribution in [1.29, 1.82) is 0 Å². The lowest BCUT2D eigenvalue weighted by molar-refractivity contribution is 0.0945. The SMILES string of the molecule is Cc1onc(-c2ccccc2)c1C(=O)NCC1CCS(=O)(=O)CC1. The number of aryl methyl sites for hydroxylation is 1. The number of carbonyl (C=O) groups excluding carboxylic acids is 1. The molecule has 0 saturated carbocycles. The van der Waals surface area contributed by atoms with E-state index in [0.717, 1.165) is 5.56 Å². The Labute approximate surface area is 141 Å².